The Morgan fingerprint density at radius 3 is 1.93 bits per heavy atom. The first-order valence-electron chi connectivity index (χ1n) is 7.96. The van der Waals surface area contributed by atoms with Gasteiger partial charge in [-0.2, -0.15) is 0 Å². The molecule has 0 atom stereocenters. The van der Waals surface area contributed by atoms with Gasteiger partial charge in [-0.05, 0) is 24.3 Å². The second-order valence-electron chi connectivity index (χ2n) is 5.27. The van der Waals surface area contributed by atoms with Gasteiger partial charge in [-0.15, -0.1) is 0 Å². The highest BCUT2D eigenvalue weighted by molar-refractivity contribution is 5.97. The van der Waals surface area contributed by atoms with E-state index in [1.807, 2.05) is 0 Å². The van der Waals surface area contributed by atoms with Crippen LogP contribution in [0.25, 0.3) is 0 Å². The fourth-order valence-corrected chi connectivity index (χ4v) is 1.88. The zero-order valence-electron chi connectivity index (χ0n) is 14.3. The molecule has 4 amide bonds. The highest BCUT2D eigenvalue weighted by Gasteiger charge is 2.10. The number of aromatic nitrogens is 2. The molecule has 140 valence electrons. The number of hydrogen-bond acceptors (Lipinski definition) is 6. The number of carbonyl (C=O) groups is 4. The molecular weight excluding hydrogens is 352 g/mol. The van der Waals surface area contributed by atoms with Gasteiger partial charge in [0.25, 0.3) is 5.91 Å². The van der Waals surface area contributed by atoms with Gasteiger partial charge in [0.2, 0.25) is 17.7 Å². The Hall–Kier alpha value is -3.82. The van der Waals surface area contributed by atoms with E-state index in [-0.39, 0.29) is 19.6 Å². The van der Waals surface area contributed by atoms with Crippen molar-refractivity contribution in [2.24, 2.45) is 0 Å². The van der Waals surface area contributed by atoms with E-state index in [9.17, 15) is 19.2 Å². The number of rotatable bonds is 8. The fraction of sp³-hybridized carbons (Fsp3) is 0.176. The summed E-state index contributed by atoms with van der Waals surface area (Å²) in [5.41, 5.74) is 0.831. The minimum atomic E-state index is -0.540. The summed E-state index contributed by atoms with van der Waals surface area (Å²) in [5, 5.41) is 9.67. The maximum Gasteiger partial charge on any atom is 0.253 e. The van der Waals surface area contributed by atoms with E-state index >= 15 is 0 Å². The number of anilines is 1. The van der Waals surface area contributed by atoms with Crippen molar-refractivity contribution in [2.45, 2.75) is 0 Å². The minimum absolute atomic E-state index is 0.249. The first kappa shape index (κ1) is 19.5. The third kappa shape index (κ3) is 7.30. The van der Waals surface area contributed by atoms with Crippen molar-refractivity contribution < 1.29 is 19.2 Å². The van der Waals surface area contributed by atoms with Crippen molar-refractivity contribution in [3.05, 3.63) is 54.6 Å². The Kier molecular flexibility index (Phi) is 7.39. The van der Waals surface area contributed by atoms with Crippen molar-refractivity contribution in [3.63, 3.8) is 0 Å². The molecule has 4 N–H and O–H groups in total. The third-order valence-electron chi connectivity index (χ3n) is 3.17. The van der Waals surface area contributed by atoms with Crippen LogP contribution in [0.3, 0.4) is 0 Å². The molecule has 0 aliphatic heterocycles. The van der Waals surface area contributed by atoms with Crippen LogP contribution in [0.2, 0.25) is 0 Å². The van der Waals surface area contributed by atoms with E-state index in [2.05, 4.69) is 31.2 Å². The Balaban J connectivity index is 1.61. The molecule has 10 nitrogen and oxygen atoms in total. The van der Waals surface area contributed by atoms with Gasteiger partial charge in [-0.3, -0.25) is 29.1 Å². The monoisotopic (exact) mass is 370 g/mol. The van der Waals surface area contributed by atoms with Gasteiger partial charge in [0.15, 0.2) is 0 Å². The van der Waals surface area contributed by atoms with Gasteiger partial charge in [0.1, 0.15) is 0 Å². The average Bonchev–Trinajstić information content (AvgIpc) is 2.70. The maximum absolute atomic E-state index is 11.8. The molecule has 0 aliphatic carbocycles. The first-order chi connectivity index (χ1) is 13.0. The summed E-state index contributed by atoms with van der Waals surface area (Å²) >= 11 is 0. The summed E-state index contributed by atoms with van der Waals surface area (Å²) < 4.78 is 0. The lowest BCUT2D eigenvalue weighted by atomic mass is 10.3. The van der Waals surface area contributed by atoms with Gasteiger partial charge >= 0.3 is 0 Å². The van der Waals surface area contributed by atoms with Gasteiger partial charge in [0.05, 0.1) is 37.1 Å². The van der Waals surface area contributed by atoms with Gasteiger partial charge < -0.3 is 21.3 Å². The quantitative estimate of drug-likeness (QED) is 0.473. The van der Waals surface area contributed by atoms with Crippen molar-refractivity contribution in [3.8, 4) is 0 Å². The molecule has 0 radical (unpaired) electrons. The molecule has 27 heavy (non-hydrogen) atoms. The Bertz CT molecular complexity index is 798. The standard InChI is InChI=1S/C17H18N6O4/c24-14(21-11-16(26)23-13-4-2-6-19-8-13)9-20-15(25)10-22-17(27)12-3-1-5-18-7-12/h1-8H,9-11H2,(H,20,25)(H,21,24)(H,22,27)(H,23,26). The Labute approximate surface area is 154 Å². The van der Waals surface area contributed by atoms with Crippen molar-refractivity contribution in [1.82, 2.24) is 25.9 Å². The van der Waals surface area contributed by atoms with E-state index < -0.39 is 23.6 Å². The van der Waals surface area contributed by atoms with Crippen LogP contribution in [-0.2, 0) is 14.4 Å². The molecule has 2 aromatic rings. The van der Waals surface area contributed by atoms with E-state index in [1.165, 1.54) is 18.6 Å². The Morgan fingerprint density at radius 2 is 1.33 bits per heavy atom. The van der Waals surface area contributed by atoms with E-state index in [0.29, 0.717) is 11.3 Å². The van der Waals surface area contributed by atoms with Crippen LogP contribution in [0.1, 0.15) is 10.4 Å². The van der Waals surface area contributed by atoms with E-state index in [4.69, 9.17) is 0 Å². The van der Waals surface area contributed by atoms with Crippen LogP contribution in [0.4, 0.5) is 5.69 Å². The smallest absolute Gasteiger partial charge is 0.253 e. The van der Waals surface area contributed by atoms with Crippen LogP contribution in [-0.4, -0.2) is 53.2 Å². The molecule has 2 heterocycles. The summed E-state index contributed by atoms with van der Waals surface area (Å²) in [6.07, 6.45) is 5.94. The second-order valence-corrected chi connectivity index (χ2v) is 5.27. The average molecular weight is 370 g/mol. The number of amides is 4. The molecule has 0 bridgehead atoms. The van der Waals surface area contributed by atoms with Crippen LogP contribution in [0.5, 0.6) is 0 Å². The van der Waals surface area contributed by atoms with Gasteiger partial charge in [-0.1, -0.05) is 0 Å². The number of hydrogen-bond donors (Lipinski definition) is 4. The number of carbonyl (C=O) groups excluding carboxylic acids is 4. The van der Waals surface area contributed by atoms with Crippen molar-refractivity contribution in [1.29, 1.82) is 0 Å². The molecule has 0 unspecified atom stereocenters. The Morgan fingerprint density at radius 1 is 0.741 bits per heavy atom. The molecule has 0 aliphatic rings. The normalized spacial score (nSPS) is 9.78. The van der Waals surface area contributed by atoms with Crippen LogP contribution in [0.15, 0.2) is 49.1 Å². The van der Waals surface area contributed by atoms with Crippen molar-refractivity contribution in [2.75, 3.05) is 25.0 Å². The number of nitrogens with zero attached hydrogens (tertiary/aromatic N) is 2. The molecule has 2 aromatic heterocycles. The highest BCUT2D eigenvalue weighted by Crippen LogP contribution is 2.01. The molecule has 0 saturated carbocycles. The SMILES string of the molecule is O=C(CNC(=O)CNC(=O)c1cccnc1)NCC(=O)Nc1cccnc1. The van der Waals surface area contributed by atoms with E-state index in [1.54, 1.807) is 30.5 Å². The molecule has 10 heteroatoms. The zero-order valence-corrected chi connectivity index (χ0v) is 14.3. The van der Waals surface area contributed by atoms with Crippen molar-refractivity contribution >= 4 is 29.3 Å². The largest absolute Gasteiger partial charge is 0.346 e. The first-order valence-corrected chi connectivity index (χ1v) is 7.96. The van der Waals surface area contributed by atoms with Gasteiger partial charge in [-0.25, -0.2) is 0 Å². The number of nitrogens with one attached hydrogen (secondary N) is 4. The summed E-state index contributed by atoms with van der Waals surface area (Å²) in [4.78, 5) is 54.4. The zero-order chi connectivity index (χ0) is 19.5. The van der Waals surface area contributed by atoms with Crippen LogP contribution in [0, 0.1) is 0 Å². The van der Waals surface area contributed by atoms with Gasteiger partial charge in [0, 0.05) is 18.6 Å². The third-order valence-corrected chi connectivity index (χ3v) is 3.17. The molecule has 0 fully saturated rings. The minimum Gasteiger partial charge on any atom is -0.346 e. The van der Waals surface area contributed by atoms with Crippen LogP contribution < -0.4 is 21.3 Å². The summed E-state index contributed by atoms with van der Waals surface area (Å²) in [5.74, 6) is -1.95. The second kappa shape index (κ2) is 10.2. The lowest BCUT2D eigenvalue weighted by Crippen LogP contribution is -2.43. The molecule has 2 rings (SSSR count). The molecule has 0 saturated heterocycles. The molecular formula is C17H18N6O4. The molecule has 0 spiro atoms. The van der Waals surface area contributed by atoms with Crippen LogP contribution >= 0.6 is 0 Å². The number of pyridine rings is 2. The predicted molar refractivity (Wildman–Crippen MR) is 95.5 cm³/mol. The van der Waals surface area contributed by atoms with E-state index in [0.717, 1.165) is 0 Å². The molecule has 0 aromatic carbocycles. The highest BCUT2D eigenvalue weighted by atomic mass is 16.2. The topological polar surface area (TPSA) is 142 Å². The fourth-order valence-electron chi connectivity index (χ4n) is 1.88. The maximum atomic E-state index is 11.8. The summed E-state index contributed by atoms with van der Waals surface area (Å²) in [7, 11) is 0. The lowest BCUT2D eigenvalue weighted by molar-refractivity contribution is -0.126. The summed E-state index contributed by atoms with van der Waals surface area (Å²) in [6, 6.07) is 6.48. The predicted octanol–water partition coefficient (Wildman–Crippen LogP) is -0.922. The lowest BCUT2D eigenvalue weighted by Gasteiger charge is -2.08. The summed E-state index contributed by atoms with van der Waals surface area (Å²) in [6.45, 7) is -0.856.